The SMILES string of the molecule is CS(C)(C)CCCOCC(O)CSc1ccccn1. The molecule has 1 aromatic heterocycles. The average molecular weight is 303 g/mol. The van der Waals surface area contributed by atoms with Crippen molar-refractivity contribution in [2.75, 3.05) is 43.5 Å². The van der Waals surface area contributed by atoms with Crippen LogP contribution in [-0.2, 0) is 4.74 Å². The second kappa shape index (κ2) is 8.84. The quantitative estimate of drug-likeness (QED) is 0.562. The standard InChI is InChI=1S/C14H25NO2S2/c1-19(2,3)10-6-9-17-11-13(16)12-18-14-7-4-5-8-15-14/h4-5,7-8,13,16H,6,9-12H2,1-3H3. The van der Waals surface area contributed by atoms with E-state index in [2.05, 4.69) is 23.8 Å². The summed E-state index contributed by atoms with van der Waals surface area (Å²) in [6, 6.07) is 5.79. The normalized spacial score (nSPS) is 14.3. The van der Waals surface area contributed by atoms with Crippen LogP contribution < -0.4 is 0 Å². The van der Waals surface area contributed by atoms with Gasteiger partial charge in [-0.05, 0) is 43.1 Å². The van der Waals surface area contributed by atoms with Crippen LogP contribution in [-0.4, -0.2) is 59.7 Å². The number of rotatable bonds is 9. The number of pyridine rings is 1. The van der Waals surface area contributed by atoms with Crippen molar-refractivity contribution in [1.29, 1.82) is 0 Å². The molecule has 0 amide bonds. The topological polar surface area (TPSA) is 42.4 Å². The maximum atomic E-state index is 9.80. The van der Waals surface area contributed by atoms with Crippen LogP contribution in [0.4, 0.5) is 0 Å². The van der Waals surface area contributed by atoms with Crippen LogP contribution in [0, 0.1) is 0 Å². The second-order valence-corrected chi connectivity index (χ2v) is 11.0. The van der Waals surface area contributed by atoms with Crippen molar-refractivity contribution in [1.82, 2.24) is 4.98 Å². The van der Waals surface area contributed by atoms with Gasteiger partial charge in [0.2, 0.25) is 0 Å². The van der Waals surface area contributed by atoms with Crippen molar-refractivity contribution in [3.05, 3.63) is 24.4 Å². The minimum absolute atomic E-state index is 0.416. The molecule has 1 rings (SSSR count). The van der Waals surface area contributed by atoms with E-state index in [1.807, 2.05) is 18.2 Å². The van der Waals surface area contributed by atoms with Gasteiger partial charge < -0.3 is 9.84 Å². The number of aliphatic hydroxyl groups is 1. The fourth-order valence-electron chi connectivity index (χ4n) is 1.48. The van der Waals surface area contributed by atoms with Crippen molar-refractivity contribution in [3.63, 3.8) is 0 Å². The van der Waals surface area contributed by atoms with Gasteiger partial charge in [0.25, 0.3) is 0 Å². The molecule has 0 radical (unpaired) electrons. The molecule has 0 fully saturated rings. The molecule has 3 nitrogen and oxygen atoms in total. The molecule has 0 bridgehead atoms. The molecule has 0 saturated heterocycles. The summed E-state index contributed by atoms with van der Waals surface area (Å²) in [5.74, 6) is 1.85. The Balaban J connectivity index is 2.04. The molecule has 1 aromatic rings. The molecule has 0 saturated carbocycles. The van der Waals surface area contributed by atoms with Crippen molar-refractivity contribution < 1.29 is 9.84 Å². The first-order chi connectivity index (χ1) is 8.97. The number of hydrogen-bond acceptors (Lipinski definition) is 4. The maximum Gasteiger partial charge on any atom is 0.0960 e. The van der Waals surface area contributed by atoms with Gasteiger partial charge in [0.05, 0.1) is 17.7 Å². The third kappa shape index (κ3) is 9.32. The highest BCUT2D eigenvalue weighted by atomic mass is 32.3. The van der Waals surface area contributed by atoms with Gasteiger partial charge in [0, 0.05) is 18.6 Å². The lowest BCUT2D eigenvalue weighted by atomic mass is 10.4. The lowest BCUT2D eigenvalue weighted by molar-refractivity contribution is 0.0492. The van der Waals surface area contributed by atoms with Gasteiger partial charge in [-0.25, -0.2) is 15.0 Å². The van der Waals surface area contributed by atoms with E-state index >= 15 is 0 Å². The number of ether oxygens (including phenoxy) is 1. The zero-order chi connectivity index (χ0) is 14.1. The number of aliphatic hydroxyl groups excluding tert-OH is 1. The fraction of sp³-hybridized carbons (Fsp3) is 0.643. The Kier molecular flexibility index (Phi) is 7.83. The average Bonchev–Trinajstić information content (AvgIpc) is 2.36. The molecular formula is C14H25NO2S2. The third-order valence-electron chi connectivity index (χ3n) is 2.42. The molecule has 0 aliphatic heterocycles. The highest BCUT2D eigenvalue weighted by Crippen LogP contribution is 2.34. The molecule has 1 atom stereocenters. The number of thioether (sulfide) groups is 1. The Morgan fingerprint density at radius 1 is 1.37 bits per heavy atom. The van der Waals surface area contributed by atoms with Crippen LogP contribution in [0.3, 0.4) is 0 Å². The zero-order valence-corrected chi connectivity index (χ0v) is 13.7. The first-order valence-corrected chi connectivity index (χ1v) is 10.4. The molecule has 0 spiro atoms. The molecular weight excluding hydrogens is 278 g/mol. The molecule has 0 aliphatic carbocycles. The van der Waals surface area contributed by atoms with Crippen LogP contribution in [0.15, 0.2) is 29.4 Å². The van der Waals surface area contributed by atoms with E-state index in [-0.39, 0.29) is 0 Å². The number of nitrogens with zero attached hydrogens (tertiary/aromatic N) is 1. The molecule has 1 unspecified atom stereocenters. The number of aromatic nitrogens is 1. The van der Waals surface area contributed by atoms with E-state index < -0.39 is 16.1 Å². The summed E-state index contributed by atoms with van der Waals surface area (Å²) in [5, 5.41) is 10.7. The second-order valence-electron chi connectivity index (χ2n) is 5.36. The van der Waals surface area contributed by atoms with E-state index in [0.717, 1.165) is 18.1 Å². The van der Waals surface area contributed by atoms with Crippen LogP contribution in [0.5, 0.6) is 0 Å². The Morgan fingerprint density at radius 2 is 2.16 bits per heavy atom. The Bertz CT molecular complexity index is 341. The van der Waals surface area contributed by atoms with E-state index in [9.17, 15) is 5.11 Å². The highest BCUT2D eigenvalue weighted by Gasteiger charge is 2.07. The summed E-state index contributed by atoms with van der Waals surface area (Å²) in [6.07, 6.45) is 9.36. The molecule has 19 heavy (non-hydrogen) atoms. The van der Waals surface area contributed by atoms with Gasteiger partial charge in [-0.3, -0.25) is 0 Å². The van der Waals surface area contributed by atoms with Crippen molar-refractivity contribution in [3.8, 4) is 0 Å². The minimum atomic E-state index is -0.426. The Hall–Kier alpha value is -0.230. The summed E-state index contributed by atoms with van der Waals surface area (Å²) < 4.78 is 5.51. The summed E-state index contributed by atoms with van der Waals surface area (Å²) in [4.78, 5) is 4.20. The molecule has 0 aliphatic rings. The summed E-state index contributed by atoms with van der Waals surface area (Å²) >= 11 is 1.56. The van der Waals surface area contributed by atoms with Gasteiger partial charge in [-0.15, -0.1) is 11.8 Å². The summed E-state index contributed by atoms with van der Waals surface area (Å²) in [7, 11) is -0.426. The Morgan fingerprint density at radius 3 is 2.79 bits per heavy atom. The van der Waals surface area contributed by atoms with E-state index in [1.54, 1.807) is 18.0 Å². The third-order valence-corrected chi connectivity index (χ3v) is 5.02. The largest absolute Gasteiger partial charge is 0.390 e. The van der Waals surface area contributed by atoms with E-state index in [1.165, 1.54) is 5.75 Å². The summed E-state index contributed by atoms with van der Waals surface area (Å²) in [6.45, 7) is 1.16. The van der Waals surface area contributed by atoms with Gasteiger partial charge in [-0.2, -0.15) is 0 Å². The minimum Gasteiger partial charge on any atom is -0.390 e. The molecule has 5 heteroatoms. The van der Waals surface area contributed by atoms with E-state index in [0.29, 0.717) is 12.4 Å². The smallest absolute Gasteiger partial charge is 0.0960 e. The first kappa shape index (κ1) is 16.8. The van der Waals surface area contributed by atoms with Crippen LogP contribution in [0.1, 0.15) is 6.42 Å². The predicted molar refractivity (Wildman–Crippen MR) is 86.6 cm³/mol. The van der Waals surface area contributed by atoms with Crippen molar-refractivity contribution in [2.45, 2.75) is 17.6 Å². The molecule has 110 valence electrons. The highest BCUT2D eigenvalue weighted by molar-refractivity contribution is 8.32. The van der Waals surface area contributed by atoms with Gasteiger partial charge in [-0.1, -0.05) is 6.07 Å². The lowest BCUT2D eigenvalue weighted by Gasteiger charge is -2.24. The van der Waals surface area contributed by atoms with Crippen molar-refractivity contribution >= 4 is 21.8 Å². The summed E-state index contributed by atoms with van der Waals surface area (Å²) in [5.41, 5.74) is 0. The molecule has 1 heterocycles. The van der Waals surface area contributed by atoms with Gasteiger partial charge in [0.15, 0.2) is 0 Å². The van der Waals surface area contributed by atoms with Crippen LogP contribution in [0.25, 0.3) is 0 Å². The van der Waals surface area contributed by atoms with E-state index in [4.69, 9.17) is 4.74 Å². The molecule has 0 aromatic carbocycles. The zero-order valence-electron chi connectivity index (χ0n) is 12.0. The monoisotopic (exact) mass is 303 g/mol. The fourth-order valence-corrected chi connectivity index (χ4v) is 3.23. The van der Waals surface area contributed by atoms with Crippen LogP contribution in [0.2, 0.25) is 0 Å². The van der Waals surface area contributed by atoms with Crippen LogP contribution >= 0.6 is 21.8 Å². The first-order valence-electron chi connectivity index (χ1n) is 6.43. The number of hydrogen-bond donors (Lipinski definition) is 1. The molecule has 1 N–H and O–H groups in total. The van der Waals surface area contributed by atoms with Crippen molar-refractivity contribution in [2.24, 2.45) is 0 Å². The Labute approximate surface area is 122 Å². The predicted octanol–water partition coefficient (Wildman–Crippen LogP) is 2.64. The van der Waals surface area contributed by atoms with Gasteiger partial charge >= 0.3 is 0 Å². The van der Waals surface area contributed by atoms with Gasteiger partial charge in [0.1, 0.15) is 0 Å². The maximum absolute atomic E-state index is 9.80. The lowest BCUT2D eigenvalue weighted by Crippen LogP contribution is -2.19.